The molecule has 7 nitrogen and oxygen atoms in total. The van der Waals surface area contributed by atoms with Crippen molar-refractivity contribution in [1.29, 1.82) is 0 Å². The van der Waals surface area contributed by atoms with Crippen molar-refractivity contribution in [1.82, 2.24) is 4.90 Å². The maximum absolute atomic E-state index is 13.8. The number of halogens is 2. The van der Waals surface area contributed by atoms with Crippen LogP contribution < -0.4 is 0 Å². The first-order valence-electron chi connectivity index (χ1n) is 5.30. The Morgan fingerprint density at radius 2 is 1.95 bits per heavy atom. The predicted octanol–water partition coefficient (Wildman–Crippen LogP) is 1.42. The van der Waals surface area contributed by atoms with Crippen LogP contribution in [0.2, 0.25) is 0 Å². The molecule has 9 heteroatoms. The Morgan fingerprint density at radius 3 is 2.40 bits per heavy atom. The van der Waals surface area contributed by atoms with E-state index >= 15 is 0 Å². The minimum Gasteiger partial charge on any atom is -0.480 e. The number of rotatable bonds is 4. The number of benzene rings is 1. The summed E-state index contributed by atoms with van der Waals surface area (Å²) in [6.07, 6.45) is 0. The first kappa shape index (κ1) is 15.5. The Bertz CT molecular complexity index is 590. The molecule has 0 aliphatic heterocycles. The smallest absolute Gasteiger partial charge is 0.326 e. The molecule has 0 aromatic heterocycles. The average molecular weight is 288 g/mol. The van der Waals surface area contributed by atoms with Crippen LogP contribution in [0, 0.1) is 21.7 Å². The highest BCUT2D eigenvalue weighted by Gasteiger charge is 2.31. The van der Waals surface area contributed by atoms with Crippen LogP contribution in [0.25, 0.3) is 0 Å². The molecule has 1 rings (SSSR count). The summed E-state index contributed by atoms with van der Waals surface area (Å²) < 4.78 is 27.3. The number of carbonyl (C=O) groups is 2. The Labute approximate surface area is 111 Å². The quantitative estimate of drug-likeness (QED) is 0.667. The van der Waals surface area contributed by atoms with Gasteiger partial charge in [0.1, 0.15) is 17.4 Å². The SMILES string of the molecule is CC(C(=O)O)N(C)C(=O)c1c(F)ccc([N+](=O)[O-])c1F. The molecule has 1 N–H and O–H groups in total. The van der Waals surface area contributed by atoms with E-state index in [1.165, 1.54) is 0 Å². The lowest BCUT2D eigenvalue weighted by atomic mass is 10.1. The van der Waals surface area contributed by atoms with Gasteiger partial charge < -0.3 is 10.0 Å². The van der Waals surface area contributed by atoms with Gasteiger partial charge in [0.25, 0.3) is 5.91 Å². The number of hydrogen-bond acceptors (Lipinski definition) is 4. The summed E-state index contributed by atoms with van der Waals surface area (Å²) >= 11 is 0. The summed E-state index contributed by atoms with van der Waals surface area (Å²) in [4.78, 5) is 32.6. The molecule has 0 fully saturated rings. The van der Waals surface area contributed by atoms with Crippen LogP contribution in [-0.4, -0.2) is 39.9 Å². The number of nitro groups is 1. The lowest BCUT2D eigenvalue weighted by Gasteiger charge is -2.21. The summed E-state index contributed by atoms with van der Waals surface area (Å²) in [6, 6.07) is -0.184. The first-order chi connectivity index (χ1) is 9.18. The van der Waals surface area contributed by atoms with E-state index in [4.69, 9.17) is 5.11 Å². The normalized spacial score (nSPS) is 11.8. The van der Waals surface area contributed by atoms with Crippen molar-refractivity contribution in [3.8, 4) is 0 Å². The zero-order valence-corrected chi connectivity index (χ0v) is 10.5. The topological polar surface area (TPSA) is 101 Å². The number of hydrogen-bond donors (Lipinski definition) is 1. The van der Waals surface area contributed by atoms with E-state index < -0.39 is 45.7 Å². The van der Waals surface area contributed by atoms with Crippen LogP contribution in [0.4, 0.5) is 14.5 Å². The van der Waals surface area contributed by atoms with Gasteiger partial charge in [0, 0.05) is 13.1 Å². The van der Waals surface area contributed by atoms with E-state index in [1.807, 2.05) is 0 Å². The number of carboxylic acid groups (broad SMARTS) is 1. The highest BCUT2D eigenvalue weighted by molar-refractivity contribution is 5.97. The Morgan fingerprint density at radius 1 is 1.40 bits per heavy atom. The van der Waals surface area contributed by atoms with Crippen molar-refractivity contribution in [3.05, 3.63) is 39.4 Å². The standard InChI is InChI=1S/C11H10F2N2O5/c1-5(11(17)18)14(2)10(16)8-6(12)3-4-7(9(8)13)15(19)20/h3-5H,1-2H3,(H,17,18). The van der Waals surface area contributed by atoms with Gasteiger partial charge in [0.05, 0.1) is 4.92 Å². The van der Waals surface area contributed by atoms with Gasteiger partial charge in [-0.1, -0.05) is 0 Å². The molecule has 1 unspecified atom stereocenters. The van der Waals surface area contributed by atoms with E-state index in [-0.39, 0.29) is 0 Å². The van der Waals surface area contributed by atoms with Gasteiger partial charge in [-0.25, -0.2) is 9.18 Å². The van der Waals surface area contributed by atoms with Gasteiger partial charge in [-0.2, -0.15) is 4.39 Å². The monoisotopic (exact) mass is 288 g/mol. The largest absolute Gasteiger partial charge is 0.480 e. The molecule has 0 aliphatic carbocycles. The van der Waals surface area contributed by atoms with Crippen molar-refractivity contribution >= 4 is 17.6 Å². The van der Waals surface area contributed by atoms with Gasteiger partial charge in [0.15, 0.2) is 0 Å². The lowest BCUT2D eigenvalue weighted by Crippen LogP contribution is -2.41. The molecule has 0 radical (unpaired) electrons. The third-order valence-electron chi connectivity index (χ3n) is 2.74. The van der Waals surface area contributed by atoms with Crippen LogP contribution in [-0.2, 0) is 4.79 Å². The fourth-order valence-corrected chi connectivity index (χ4v) is 1.40. The van der Waals surface area contributed by atoms with E-state index in [9.17, 15) is 28.5 Å². The van der Waals surface area contributed by atoms with E-state index in [0.29, 0.717) is 17.0 Å². The van der Waals surface area contributed by atoms with E-state index in [2.05, 4.69) is 0 Å². The van der Waals surface area contributed by atoms with Gasteiger partial charge >= 0.3 is 11.7 Å². The number of aliphatic carboxylic acids is 1. The molecule has 0 aliphatic rings. The maximum atomic E-state index is 13.8. The van der Waals surface area contributed by atoms with Crippen molar-refractivity contribution < 1.29 is 28.4 Å². The molecule has 0 saturated heterocycles. The number of carboxylic acids is 1. The van der Waals surface area contributed by atoms with Crippen molar-refractivity contribution in [2.45, 2.75) is 13.0 Å². The van der Waals surface area contributed by atoms with Crippen LogP contribution >= 0.6 is 0 Å². The van der Waals surface area contributed by atoms with Crippen molar-refractivity contribution in [3.63, 3.8) is 0 Å². The molecule has 1 atom stereocenters. The predicted molar refractivity (Wildman–Crippen MR) is 62.2 cm³/mol. The van der Waals surface area contributed by atoms with Gasteiger partial charge in [-0.05, 0) is 13.0 Å². The lowest BCUT2D eigenvalue weighted by molar-refractivity contribution is -0.387. The summed E-state index contributed by atoms with van der Waals surface area (Å²) in [5.41, 5.74) is -2.22. The first-order valence-corrected chi connectivity index (χ1v) is 5.30. The van der Waals surface area contributed by atoms with Gasteiger partial charge in [0.2, 0.25) is 5.82 Å². The second-order valence-electron chi connectivity index (χ2n) is 3.94. The summed E-state index contributed by atoms with van der Waals surface area (Å²) in [6.45, 7) is 1.13. The Kier molecular flexibility index (Phi) is 4.33. The van der Waals surface area contributed by atoms with E-state index in [0.717, 1.165) is 14.0 Å². The molecule has 20 heavy (non-hydrogen) atoms. The summed E-state index contributed by atoms with van der Waals surface area (Å²) in [5, 5.41) is 19.3. The van der Waals surface area contributed by atoms with Gasteiger partial charge in [-0.15, -0.1) is 0 Å². The number of nitro benzene ring substituents is 1. The molecule has 0 saturated carbocycles. The molecule has 1 aromatic carbocycles. The number of nitrogens with zero attached hydrogens (tertiary/aromatic N) is 2. The maximum Gasteiger partial charge on any atom is 0.326 e. The molecular weight excluding hydrogens is 278 g/mol. The van der Waals surface area contributed by atoms with Crippen LogP contribution in [0.1, 0.15) is 17.3 Å². The highest BCUT2D eigenvalue weighted by Crippen LogP contribution is 2.24. The molecule has 0 heterocycles. The highest BCUT2D eigenvalue weighted by atomic mass is 19.1. The molecule has 0 spiro atoms. The number of amides is 1. The zero-order chi connectivity index (χ0) is 15.6. The minimum atomic E-state index is -1.63. The zero-order valence-electron chi connectivity index (χ0n) is 10.5. The Hall–Kier alpha value is -2.58. The fourth-order valence-electron chi connectivity index (χ4n) is 1.40. The fraction of sp³-hybridized carbons (Fsp3) is 0.273. The summed E-state index contributed by atoms with van der Waals surface area (Å²) in [7, 11) is 1.03. The third kappa shape index (κ3) is 2.71. The summed E-state index contributed by atoms with van der Waals surface area (Å²) in [5.74, 6) is -5.61. The van der Waals surface area contributed by atoms with Crippen LogP contribution in [0.3, 0.4) is 0 Å². The van der Waals surface area contributed by atoms with Crippen LogP contribution in [0.5, 0.6) is 0 Å². The van der Waals surface area contributed by atoms with Crippen molar-refractivity contribution in [2.75, 3.05) is 7.05 Å². The second-order valence-corrected chi connectivity index (χ2v) is 3.94. The Balaban J connectivity index is 3.32. The van der Waals surface area contributed by atoms with Crippen molar-refractivity contribution in [2.24, 2.45) is 0 Å². The molecule has 0 bridgehead atoms. The third-order valence-corrected chi connectivity index (χ3v) is 2.74. The van der Waals surface area contributed by atoms with Crippen LogP contribution in [0.15, 0.2) is 12.1 Å². The molecule has 108 valence electrons. The number of likely N-dealkylation sites (N-methyl/N-ethyl adjacent to an activating group) is 1. The molecule has 1 aromatic rings. The molecular formula is C11H10F2N2O5. The number of carbonyl (C=O) groups excluding carboxylic acids is 1. The van der Waals surface area contributed by atoms with E-state index in [1.54, 1.807) is 0 Å². The molecule has 1 amide bonds. The average Bonchev–Trinajstić information content (AvgIpc) is 2.36. The second kappa shape index (κ2) is 5.59. The van der Waals surface area contributed by atoms with Gasteiger partial charge in [-0.3, -0.25) is 14.9 Å². The minimum absolute atomic E-state index is 0.577.